The van der Waals surface area contributed by atoms with Gasteiger partial charge in [-0.2, -0.15) is 4.99 Å². The fraction of sp³-hybridized carbons (Fsp3) is 0.0588. The normalized spacial score (nSPS) is 11.8. The van der Waals surface area contributed by atoms with Crippen molar-refractivity contribution in [2.24, 2.45) is 4.99 Å². The number of amides is 1. The molecule has 0 radical (unpaired) electrons. The van der Waals surface area contributed by atoms with Crippen LogP contribution in [0.25, 0.3) is 10.2 Å². The molecule has 0 saturated heterocycles. The molecule has 3 aromatic rings. The summed E-state index contributed by atoms with van der Waals surface area (Å²) in [5, 5.41) is 0. The van der Waals surface area contributed by atoms with Crippen LogP contribution < -0.4 is 4.80 Å². The highest BCUT2D eigenvalue weighted by atomic mass is 79.9. The third-order valence-electron chi connectivity index (χ3n) is 3.26. The molecule has 1 aromatic heterocycles. The predicted molar refractivity (Wildman–Crippen MR) is 102 cm³/mol. The van der Waals surface area contributed by atoms with E-state index in [1.165, 1.54) is 11.3 Å². The summed E-state index contributed by atoms with van der Waals surface area (Å²) in [5.74, 6) is -0.263. The van der Waals surface area contributed by atoms with Crippen LogP contribution in [0, 0.1) is 0 Å². The van der Waals surface area contributed by atoms with Gasteiger partial charge < -0.3 is 4.57 Å². The van der Waals surface area contributed by atoms with E-state index in [2.05, 4.69) is 43.4 Å². The third-order valence-corrected chi connectivity index (χ3v) is 5.48. The van der Waals surface area contributed by atoms with E-state index in [1.807, 2.05) is 41.0 Å². The van der Waals surface area contributed by atoms with Crippen LogP contribution in [0.5, 0.6) is 0 Å². The Bertz CT molecular complexity index is 972. The molecule has 116 valence electrons. The van der Waals surface area contributed by atoms with Crippen molar-refractivity contribution >= 4 is 59.3 Å². The van der Waals surface area contributed by atoms with Crippen LogP contribution in [-0.2, 0) is 6.54 Å². The fourth-order valence-electron chi connectivity index (χ4n) is 2.22. The molecular formula is C17H12Br2N2OS. The van der Waals surface area contributed by atoms with Crippen LogP contribution in [0.1, 0.15) is 10.4 Å². The number of allylic oxidation sites excluding steroid dienone is 1. The SMILES string of the molecule is C=CCn1c(=NC(=O)c2ccccc2Br)sc2cc(Br)ccc21. The van der Waals surface area contributed by atoms with Crippen LogP contribution >= 0.6 is 43.2 Å². The molecule has 3 rings (SSSR count). The first kappa shape index (κ1) is 16.4. The summed E-state index contributed by atoms with van der Waals surface area (Å²) in [7, 11) is 0. The van der Waals surface area contributed by atoms with Crippen molar-refractivity contribution in [3.8, 4) is 0 Å². The minimum Gasteiger partial charge on any atom is -0.312 e. The molecule has 0 atom stereocenters. The number of benzene rings is 2. The monoisotopic (exact) mass is 450 g/mol. The number of hydrogen-bond acceptors (Lipinski definition) is 2. The van der Waals surface area contributed by atoms with Gasteiger partial charge in [0, 0.05) is 15.5 Å². The highest BCUT2D eigenvalue weighted by Gasteiger charge is 2.11. The van der Waals surface area contributed by atoms with E-state index >= 15 is 0 Å². The van der Waals surface area contributed by atoms with Gasteiger partial charge in [0.2, 0.25) is 0 Å². The van der Waals surface area contributed by atoms with E-state index in [4.69, 9.17) is 0 Å². The van der Waals surface area contributed by atoms with Crippen molar-refractivity contribution in [2.45, 2.75) is 6.54 Å². The predicted octanol–water partition coefficient (Wildman–Crippen LogP) is 5.15. The Kier molecular flexibility index (Phi) is 4.94. The smallest absolute Gasteiger partial charge is 0.280 e. The molecule has 3 nitrogen and oxygen atoms in total. The number of fused-ring (bicyclic) bond motifs is 1. The highest BCUT2D eigenvalue weighted by Crippen LogP contribution is 2.23. The number of halogens is 2. The molecule has 0 spiro atoms. The summed E-state index contributed by atoms with van der Waals surface area (Å²) in [6.45, 7) is 4.39. The topological polar surface area (TPSA) is 34.4 Å². The van der Waals surface area contributed by atoms with Crippen molar-refractivity contribution in [1.82, 2.24) is 4.57 Å². The Morgan fingerprint density at radius 2 is 2.04 bits per heavy atom. The standard InChI is InChI=1S/C17H12Br2N2OS/c1-2-9-21-14-8-7-11(18)10-15(14)23-17(21)20-16(22)12-5-3-4-6-13(12)19/h2-8,10H,1,9H2. The Hall–Kier alpha value is -1.50. The van der Waals surface area contributed by atoms with Gasteiger partial charge >= 0.3 is 0 Å². The second-order valence-corrected chi connectivity index (χ2v) is 7.57. The molecular weight excluding hydrogens is 440 g/mol. The zero-order chi connectivity index (χ0) is 16.4. The minimum atomic E-state index is -0.263. The molecule has 23 heavy (non-hydrogen) atoms. The molecule has 0 N–H and O–H groups in total. The van der Waals surface area contributed by atoms with Gasteiger partial charge in [0.05, 0.1) is 15.8 Å². The highest BCUT2D eigenvalue weighted by molar-refractivity contribution is 9.10. The summed E-state index contributed by atoms with van der Waals surface area (Å²) in [6.07, 6.45) is 1.80. The molecule has 2 aromatic carbocycles. The molecule has 1 heterocycles. The van der Waals surface area contributed by atoms with E-state index in [9.17, 15) is 4.79 Å². The fourth-order valence-corrected chi connectivity index (χ4v) is 4.26. The number of hydrogen-bond donors (Lipinski definition) is 0. The first-order valence-corrected chi connectivity index (χ1v) is 9.24. The van der Waals surface area contributed by atoms with Crippen LogP contribution in [0.2, 0.25) is 0 Å². The van der Waals surface area contributed by atoms with Crippen molar-refractivity contribution in [2.75, 3.05) is 0 Å². The lowest BCUT2D eigenvalue weighted by atomic mass is 10.2. The van der Waals surface area contributed by atoms with Gasteiger partial charge in [-0.15, -0.1) is 6.58 Å². The van der Waals surface area contributed by atoms with Crippen molar-refractivity contribution in [1.29, 1.82) is 0 Å². The van der Waals surface area contributed by atoms with Crippen LogP contribution in [0.3, 0.4) is 0 Å². The molecule has 6 heteroatoms. The number of thiazole rings is 1. The Morgan fingerprint density at radius 1 is 1.26 bits per heavy atom. The second kappa shape index (κ2) is 6.95. The summed E-state index contributed by atoms with van der Waals surface area (Å²) in [4.78, 5) is 17.5. The number of carbonyl (C=O) groups excluding carboxylic acids is 1. The minimum absolute atomic E-state index is 0.263. The summed E-state index contributed by atoms with van der Waals surface area (Å²) < 4.78 is 4.81. The van der Waals surface area contributed by atoms with Crippen molar-refractivity contribution in [3.63, 3.8) is 0 Å². The molecule has 0 aliphatic carbocycles. The van der Waals surface area contributed by atoms with Gasteiger partial charge in [-0.3, -0.25) is 4.79 Å². The maximum absolute atomic E-state index is 12.5. The zero-order valence-electron chi connectivity index (χ0n) is 12.0. The third kappa shape index (κ3) is 3.39. The van der Waals surface area contributed by atoms with Gasteiger partial charge in [-0.1, -0.05) is 45.5 Å². The average molecular weight is 452 g/mol. The lowest BCUT2D eigenvalue weighted by Gasteiger charge is -2.01. The lowest BCUT2D eigenvalue weighted by molar-refractivity contribution is 0.0997. The van der Waals surface area contributed by atoms with E-state index < -0.39 is 0 Å². The van der Waals surface area contributed by atoms with Crippen LogP contribution in [0.4, 0.5) is 0 Å². The first-order chi connectivity index (χ1) is 11.1. The quantitative estimate of drug-likeness (QED) is 0.506. The zero-order valence-corrected chi connectivity index (χ0v) is 16.0. The molecule has 0 aliphatic rings. The number of nitrogens with zero attached hydrogens (tertiary/aromatic N) is 2. The van der Waals surface area contributed by atoms with Gasteiger partial charge in [0.15, 0.2) is 4.80 Å². The Labute approximate surface area is 154 Å². The van der Waals surface area contributed by atoms with Crippen molar-refractivity contribution in [3.05, 3.63) is 74.4 Å². The molecule has 1 amide bonds. The number of aromatic nitrogens is 1. The van der Waals surface area contributed by atoms with E-state index in [0.717, 1.165) is 19.2 Å². The van der Waals surface area contributed by atoms with E-state index in [-0.39, 0.29) is 5.91 Å². The largest absolute Gasteiger partial charge is 0.312 e. The first-order valence-electron chi connectivity index (χ1n) is 6.83. The summed E-state index contributed by atoms with van der Waals surface area (Å²) in [6, 6.07) is 13.3. The van der Waals surface area contributed by atoms with Crippen molar-refractivity contribution < 1.29 is 4.79 Å². The number of rotatable bonds is 3. The van der Waals surface area contributed by atoms with E-state index in [1.54, 1.807) is 12.1 Å². The molecule has 0 fully saturated rings. The molecule has 0 aliphatic heterocycles. The van der Waals surface area contributed by atoms with Gasteiger partial charge in [0.1, 0.15) is 0 Å². The Morgan fingerprint density at radius 3 is 2.78 bits per heavy atom. The lowest BCUT2D eigenvalue weighted by Crippen LogP contribution is -2.16. The Balaban J connectivity index is 2.18. The molecule has 0 bridgehead atoms. The second-order valence-electron chi connectivity index (χ2n) is 4.79. The summed E-state index contributed by atoms with van der Waals surface area (Å²) >= 11 is 8.36. The maximum Gasteiger partial charge on any atom is 0.280 e. The van der Waals surface area contributed by atoms with Gasteiger partial charge in [-0.05, 0) is 46.3 Å². The maximum atomic E-state index is 12.5. The van der Waals surface area contributed by atoms with Crippen LogP contribution in [-0.4, -0.2) is 10.5 Å². The molecule has 0 unspecified atom stereocenters. The summed E-state index contributed by atoms with van der Waals surface area (Å²) in [5.41, 5.74) is 1.59. The number of carbonyl (C=O) groups is 1. The van der Waals surface area contributed by atoms with Crippen LogP contribution in [0.15, 0.2) is 69.1 Å². The average Bonchev–Trinajstić information content (AvgIpc) is 2.84. The van der Waals surface area contributed by atoms with E-state index in [0.29, 0.717) is 16.9 Å². The molecule has 0 saturated carbocycles. The van der Waals surface area contributed by atoms with Gasteiger partial charge in [0.25, 0.3) is 5.91 Å². The van der Waals surface area contributed by atoms with Gasteiger partial charge in [-0.25, -0.2) is 0 Å².